The normalized spacial score (nSPS) is 22.0. The number of amides is 1. The molecule has 140 valence electrons. The van der Waals surface area contributed by atoms with Crippen molar-refractivity contribution in [2.45, 2.75) is 44.7 Å². The number of nitrogens with zero attached hydrogens (tertiary/aromatic N) is 3. The monoisotopic (exact) mass is 378 g/mol. The van der Waals surface area contributed by atoms with Crippen molar-refractivity contribution in [2.75, 3.05) is 13.1 Å². The molecule has 1 amide bonds. The third kappa shape index (κ3) is 3.48. The van der Waals surface area contributed by atoms with Gasteiger partial charge in [0, 0.05) is 25.2 Å². The minimum absolute atomic E-state index is 0. The van der Waals surface area contributed by atoms with Crippen LogP contribution in [0.4, 0.5) is 4.39 Å². The van der Waals surface area contributed by atoms with Gasteiger partial charge in [0.05, 0.1) is 23.1 Å². The number of likely N-dealkylation sites (tertiary alicyclic amines) is 1. The average Bonchev–Trinajstić information content (AvgIpc) is 3.18. The summed E-state index contributed by atoms with van der Waals surface area (Å²) in [6, 6.07) is 7.16. The Hall–Kier alpha value is -1.92. The molecule has 4 rings (SSSR count). The number of benzene rings is 1. The lowest BCUT2D eigenvalue weighted by Gasteiger charge is -2.24. The number of carbonyl (C=O) groups excluding carboxylic acids is 1. The Morgan fingerprint density at radius 1 is 1.23 bits per heavy atom. The summed E-state index contributed by atoms with van der Waals surface area (Å²) in [7, 11) is 0. The number of nitrogens with one attached hydrogen (secondary N) is 1. The van der Waals surface area contributed by atoms with Crippen LogP contribution in [-0.2, 0) is 6.42 Å². The second kappa shape index (κ2) is 7.76. The maximum absolute atomic E-state index is 13.2. The molecule has 1 N–H and O–H groups in total. The molecule has 7 heteroatoms. The van der Waals surface area contributed by atoms with Gasteiger partial charge in [-0.15, -0.1) is 12.4 Å². The summed E-state index contributed by atoms with van der Waals surface area (Å²) in [5.74, 6) is -0.225. The number of halogens is 2. The third-order valence-corrected chi connectivity index (χ3v) is 5.32. The van der Waals surface area contributed by atoms with Gasteiger partial charge >= 0.3 is 0 Å². The minimum Gasteiger partial charge on any atom is -0.337 e. The third-order valence-electron chi connectivity index (χ3n) is 5.32. The van der Waals surface area contributed by atoms with Gasteiger partial charge in [0.15, 0.2) is 0 Å². The Labute approximate surface area is 159 Å². The molecule has 2 unspecified atom stereocenters. The number of fused-ring (bicyclic) bond motifs is 2. The van der Waals surface area contributed by atoms with Crippen LogP contribution >= 0.6 is 12.4 Å². The van der Waals surface area contributed by atoms with Crippen molar-refractivity contribution in [3.05, 3.63) is 47.5 Å². The summed E-state index contributed by atoms with van der Waals surface area (Å²) in [6.07, 6.45) is 5.72. The summed E-state index contributed by atoms with van der Waals surface area (Å²) in [5.41, 5.74) is 2.30. The molecule has 2 aliphatic heterocycles. The first-order valence-electron chi connectivity index (χ1n) is 9.04. The zero-order valence-corrected chi connectivity index (χ0v) is 15.6. The van der Waals surface area contributed by atoms with Crippen molar-refractivity contribution in [1.82, 2.24) is 20.0 Å². The van der Waals surface area contributed by atoms with E-state index in [4.69, 9.17) is 0 Å². The first-order valence-corrected chi connectivity index (χ1v) is 9.04. The molecule has 0 spiro atoms. The van der Waals surface area contributed by atoms with Gasteiger partial charge in [0.2, 0.25) is 0 Å². The summed E-state index contributed by atoms with van der Waals surface area (Å²) >= 11 is 0. The van der Waals surface area contributed by atoms with Crippen LogP contribution in [0.5, 0.6) is 0 Å². The van der Waals surface area contributed by atoms with Crippen LogP contribution in [0.1, 0.15) is 42.2 Å². The molecule has 2 bridgehead atoms. The molecule has 2 aromatic rings. The van der Waals surface area contributed by atoms with E-state index in [0.29, 0.717) is 24.1 Å². The first-order chi connectivity index (χ1) is 12.2. The van der Waals surface area contributed by atoms with Crippen LogP contribution in [0.15, 0.2) is 30.5 Å². The predicted molar refractivity (Wildman–Crippen MR) is 101 cm³/mol. The molecular formula is C19H24ClFN4O. The average molecular weight is 379 g/mol. The smallest absolute Gasteiger partial charge is 0.257 e. The highest BCUT2D eigenvalue weighted by Gasteiger charge is 2.32. The van der Waals surface area contributed by atoms with Crippen LogP contribution in [0.3, 0.4) is 0 Å². The topological polar surface area (TPSA) is 50.2 Å². The summed E-state index contributed by atoms with van der Waals surface area (Å²) in [4.78, 5) is 15.1. The molecule has 2 saturated heterocycles. The Morgan fingerprint density at radius 2 is 1.96 bits per heavy atom. The standard InChI is InChI=1S/C19H23FN4O.ClH/c1-2-18-17(11-21-24(18)16-7-3-13(20)4-8-16)19(25)23-10-9-14-5-6-15(12-23)22-14;/h3-4,7-8,11,14-15,22H,2,5-6,9-10,12H2,1H3;1H. The maximum atomic E-state index is 13.2. The van der Waals surface area contributed by atoms with E-state index in [1.165, 1.54) is 18.6 Å². The van der Waals surface area contributed by atoms with Crippen LogP contribution in [0.2, 0.25) is 0 Å². The van der Waals surface area contributed by atoms with Gasteiger partial charge in [-0.1, -0.05) is 6.92 Å². The number of rotatable bonds is 3. The Balaban J connectivity index is 0.00000196. The zero-order chi connectivity index (χ0) is 17.4. The van der Waals surface area contributed by atoms with Gasteiger partial charge in [0.25, 0.3) is 5.91 Å². The molecule has 3 heterocycles. The number of carbonyl (C=O) groups is 1. The Morgan fingerprint density at radius 3 is 2.69 bits per heavy atom. The Bertz CT molecular complexity index is 776. The van der Waals surface area contributed by atoms with Gasteiger partial charge in [-0.2, -0.15) is 5.10 Å². The van der Waals surface area contributed by atoms with Crippen molar-refractivity contribution in [3.63, 3.8) is 0 Å². The number of hydrogen-bond acceptors (Lipinski definition) is 3. The van der Waals surface area contributed by atoms with Crippen molar-refractivity contribution >= 4 is 18.3 Å². The van der Waals surface area contributed by atoms with E-state index in [1.54, 1.807) is 23.0 Å². The molecule has 2 fully saturated rings. The van der Waals surface area contributed by atoms with E-state index in [2.05, 4.69) is 10.4 Å². The van der Waals surface area contributed by atoms with Gasteiger partial charge < -0.3 is 10.2 Å². The van der Waals surface area contributed by atoms with Crippen molar-refractivity contribution < 1.29 is 9.18 Å². The van der Waals surface area contributed by atoms with Gasteiger partial charge in [-0.3, -0.25) is 4.79 Å². The lowest BCUT2D eigenvalue weighted by Crippen LogP contribution is -2.39. The van der Waals surface area contributed by atoms with E-state index in [9.17, 15) is 9.18 Å². The minimum atomic E-state index is -0.280. The van der Waals surface area contributed by atoms with E-state index in [-0.39, 0.29) is 24.1 Å². The fraction of sp³-hybridized carbons (Fsp3) is 0.474. The van der Waals surface area contributed by atoms with Crippen LogP contribution in [0, 0.1) is 5.82 Å². The Kier molecular flexibility index (Phi) is 5.63. The van der Waals surface area contributed by atoms with Crippen LogP contribution in [-0.4, -0.2) is 45.8 Å². The lowest BCUT2D eigenvalue weighted by atomic mass is 10.1. The van der Waals surface area contributed by atoms with Crippen molar-refractivity contribution in [3.8, 4) is 5.69 Å². The molecule has 1 aromatic heterocycles. The zero-order valence-electron chi connectivity index (χ0n) is 14.8. The van der Waals surface area contributed by atoms with Gasteiger partial charge in [0.1, 0.15) is 5.82 Å². The summed E-state index contributed by atoms with van der Waals surface area (Å²) in [6.45, 7) is 3.57. The SMILES string of the molecule is CCc1c(C(=O)N2CCC3CCC(C2)N3)cnn1-c1ccc(F)cc1.Cl. The van der Waals surface area contributed by atoms with E-state index < -0.39 is 0 Å². The molecule has 0 aliphatic carbocycles. The van der Waals surface area contributed by atoms with Crippen LogP contribution < -0.4 is 5.32 Å². The highest BCUT2D eigenvalue weighted by atomic mass is 35.5. The first kappa shape index (κ1) is 18.9. The lowest BCUT2D eigenvalue weighted by molar-refractivity contribution is 0.0747. The second-order valence-electron chi connectivity index (χ2n) is 6.92. The van der Waals surface area contributed by atoms with Gasteiger partial charge in [-0.05, 0) is 49.9 Å². The summed E-state index contributed by atoms with van der Waals surface area (Å²) < 4.78 is 14.9. The van der Waals surface area contributed by atoms with Crippen molar-refractivity contribution in [1.29, 1.82) is 0 Å². The second-order valence-corrected chi connectivity index (χ2v) is 6.92. The highest BCUT2D eigenvalue weighted by Crippen LogP contribution is 2.23. The molecule has 26 heavy (non-hydrogen) atoms. The fourth-order valence-electron chi connectivity index (χ4n) is 4.00. The van der Waals surface area contributed by atoms with Crippen LogP contribution in [0.25, 0.3) is 5.69 Å². The molecular weight excluding hydrogens is 355 g/mol. The molecule has 5 nitrogen and oxygen atoms in total. The molecule has 0 radical (unpaired) electrons. The molecule has 2 atom stereocenters. The van der Waals surface area contributed by atoms with E-state index in [0.717, 1.165) is 37.3 Å². The maximum Gasteiger partial charge on any atom is 0.257 e. The quantitative estimate of drug-likeness (QED) is 0.893. The molecule has 0 saturated carbocycles. The number of hydrogen-bond donors (Lipinski definition) is 1. The summed E-state index contributed by atoms with van der Waals surface area (Å²) in [5, 5.41) is 8.01. The molecule has 2 aliphatic rings. The fourth-order valence-corrected chi connectivity index (χ4v) is 4.00. The van der Waals surface area contributed by atoms with Crippen molar-refractivity contribution in [2.24, 2.45) is 0 Å². The van der Waals surface area contributed by atoms with E-state index in [1.807, 2.05) is 11.8 Å². The number of aromatic nitrogens is 2. The molecule has 1 aromatic carbocycles. The van der Waals surface area contributed by atoms with E-state index >= 15 is 0 Å². The largest absolute Gasteiger partial charge is 0.337 e. The predicted octanol–water partition coefficient (Wildman–Crippen LogP) is 2.96. The van der Waals surface area contributed by atoms with Gasteiger partial charge in [-0.25, -0.2) is 9.07 Å². The highest BCUT2D eigenvalue weighted by molar-refractivity contribution is 5.95.